The Morgan fingerprint density at radius 2 is 1.76 bits per heavy atom. The predicted octanol–water partition coefficient (Wildman–Crippen LogP) is 5.97. The number of unbranched alkanes of at least 4 members (excludes halogenated alkanes) is 1. The van der Waals surface area contributed by atoms with Crippen LogP contribution < -0.4 is 0 Å². The molecule has 1 heterocycles. The molecule has 9 heteroatoms. The number of rotatable bonds is 8. The van der Waals surface area contributed by atoms with Gasteiger partial charge in [-0.3, -0.25) is 0 Å². The zero-order valence-corrected chi connectivity index (χ0v) is 19.6. The Bertz CT molecular complexity index is 1060. The third-order valence-electron chi connectivity index (χ3n) is 5.70. The molecule has 1 aliphatic rings. The smallest absolute Gasteiger partial charge is 0.388 e. The van der Waals surface area contributed by atoms with Crippen molar-refractivity contribution in [1.82, 2.24) is 4.31 Å². The summed E-state index contributed by atoms with van der Waals surface area (Å²) in [5, 5.41) is 4.09. The molecule has 1 unspecified atom stereocenters. The largest absolute Gasteiger partial charge is 0.416 e. The van der Waals surface area contributed by atoms with E-state index >= 15 is 0 Å². The van der Waals surface area contributed by atoms with Gasteiger partial charge in [-0.25, -0.2) is 8.42 Å². The molecular weight excluding hydrogens is 453 g/mol. The van der Waals surface area contributed by atoms with Crippen molar-refractivity contribution in [2.75, 3.05) is 13.1 Å². The van der Waals surface area contributed by atoms with Gasteiger partial charge in [0, 0.05) is 25.9 Å². The van der Waals surface area contributed by atoms with Crippen LogP contribution >= 0.6 is 0 Å². The summed E-state index contributed by atoms with van der Waals surface area (Å²) in [5.74, 6) is 0. The van der Waals surface area contributed by atoms with Crippen molar-refractivity contribution < 1.29 is 26.4 Å². The second kappa shape index (κ2) is 10.7. The molecular formula is C24H29F3N2O3S. The van der Waals surface area contributed by atoms with Gasteiger partial charge >= 0.3 is 6.18 Å². The maximum Gasteiger partial charge on any atom is 0.416 e. The molecule has 0 radical (unpaired) electrons. The Hall–Kier alpha value is -2.39. The first-order valence-corrected chi connectivity index (χ1v) is 12.5. The highest BCUT2D eigenvalue weighted by Crippen LogP contribution is 2.31. The predicted molar refractivity (Wildman–Crippen MR) is 121 cm³/mol. The first-order valence-electron chi connectivity index (χ1n) is 11.1. The minimum Gasteiger partial charge on any atom is -0.388 e. The molecule has 0 N–H and O–H groups in total. The molecule has 3 rings (SSSR count). The quantitative estimate of drug-likeness (QED) is 0.436. The summed E-state index contributed by atoms with van der Waals surface area (Å²) in [4.78, 5) is 5.71. The first-order chi connectivity index (χ1) is 15.6. The van der Waals surface area contributed by atoms with Crippen molar-refractivity contribution in [1.29, 1.82) is 0 Å². The first kappa shape index (κ1) is 25.2. The molecule has 33 heavy (non-hydrogen) atoms. The van der Waals surface area contributed by atoms with Gasteiger partial charge in [-0.2, -0.15) is 17.5 Å². The summed E-state index contributed by atoms with van der Waals surface area (Å²) in [6, 6.07) is 12.0. The van der Waals surface area contributed by atoms with E-state index in [1.54, 1.807) is 25.1 Å². The van der Waals surface area contributed by atoms with E-state index in [1.807, 2.05) is 12.1 Å². The van der Waals surface area contributed by atoms with Gasteiger partial charge in [0.2, 0.25) is 10.0 Å². The van der Waals surface area contributed by atoms with Gasteiger partial charge in [-0.15, -0.1) is 0 Å². The van der Waals surface area contributed by atoms with Crippen LogP contribution in [0.1, 0.15) is 62.3 Å². The van der Waals surface area contributed by atoms with Gasteiger partial charge in [0.15, 0.2) is 0 Å². The fraction of sp³-hybridized carbons (Fsp3) is 0.458. The van der Waals surface area contributed by atoms with Gasteiger partial charge in [-0.05, 0) is 55.2 Å². The molecule has 1 aliphatic heterocycles. The highest BCUT2D eigenvalue weighted by Gasteiger charge is 2.31. The maximum atomic E-state index is 12.9. The van der Waals surface area contributed by atoms with E-state index in [0.29, 0.717) is 24.1 Å². The molecule has 2 aromatic carbocycles. The van der Waals surface area contributed by atoms with E-state index < -0.39 is 27.9 Å². The number of alkyl halides is 3. The number of hydrogen-bond donors (Lipinski definition) is 0. The van der Waals surface area contributed by atoms with Gasteiger partial charge in [0.25, 0.3) is 0 Å². The van der Waals surface area contributed by atoms with Crippen LogP contribution in [-0.4, -0.2) is 31.5 Å². The van der Waals surface area contributed by atoms with E-state index in [2.05, 4.69) is 12.1 Å². The maximum absolute atomic E-state index is 12.9. The Morgan fingerprint density at radius 1 is 1.09 bits per heavy atom. The van der Waals surface area contributed by atoms with Crippen LogP contribution in [0.25, 0.3) is 0 Å². The van der Waals surface area contributed by atoms with Gasteiger partial charge in [0.1, 0.15) is 6.10 Å². The second-order valence-electron chi connectivity index (χ2n) is 8.18. The lowest BCUT2D eigenvalue weighted by molar-refractivity contribution is -0.137. The SMILES string of the molecule is CCCCc1ccc(S(=O)(=O)N2CCC(=NOC(C)c3cccc(C(F)(F)F)c3)CC2)cc1. The summed E-state index contributed by atoms with van der Waals surface area (Å²) in [5.41, 5.74) is 1.45. The highest BCUT2D eigenvalue weighted by molar-refractivity contribution is 7.89. The normalized spacial score (nSPS) is 16.5. The van der Waals surface area contributed by atoms with Crippen molar-refractivity contribution in [3.8, 4) is 0 Å². The molecule has 0 aromatic heterocycles. The Morgan fingerprint density at radius 3 is 2.36 bits per heavy atom. The van der Waals surface area contributed by atoms with E-state index in [4.69, 9.17) is 4.84 Å². The number of hydrogen-bond acceptors (Lipinski definition) is 4. The zero-order valence-electron chi connectivity index (χ0n) is 18.8. The van der Waals surface area contributed by atoms with Crippen LogP contribution in [-0.2, 0) is 27.5 Å². The van der Waals surface area contributed by atoms with Crippen LogP contribution in [0.15, 0.2) is 58.6 Å². The van der Waals surface area contributed by atoms with Crippen LogP contribution in [0.5, 0.6) is 0 Å². The monoisotopic (exact) mass is 482 g/mol. The van der Waals surface area contributed by atoms with Crippen molar-refractivity contribution in [2.45, 2.75) is 63.1 Å². The van der Waals surface area contributed by atoms with Crippen molar-refractivity contribution in [3.05, 3.63) is 65.2 Å². The van der Waals surface area contributed by atoms with E-state index in [-0.39, 0.29) is 18.0 Å². The molecule has 0 bridgehead atoms. The van der Waals surface area contributed by atoms with E-state index in [1.165, 1.54) is 10.4 Å². The molecule has 0 aliphatic carbocycles. The molecule has 2 aromatic rings. The second-order valence-corrected chi connectivity index (χ2v) is 10.1. The lowest BCUT2D eigenvalue weighted by Gasteiger charge is -2.27. The average molecular weight is 483 g/mol. The fourth-order valence-corrected chi connectivity index (χ4v) is 5.06. The van der Waals surface area contributed by atoms with Crippen LogP contribution in [0, 0.1) is 0 Å². The topological polar surface area (TPSA) is 59.0 Å². The Labute approximate surface area is 193 Å². The lowest BCUT2D eigenvalue weighted by atomic mass is 10.1. The molecule has 0 amide bonds. The van der Waals surface area contributed by atoms with Crippen LogP contribution in [0.3, 0.4) is 0 Å². The molecule has 1 saturated heterocycles. The molecule has 1 atom stereocenters. The third-order valence-corrected chi connectivity index (χ3v) is 7.62. The standard InChI is InChI=1S/C24H29F3N2O3S/c1-3-4-6-19-9-11-23(12-10-19)33(30,31)29-15-13-22(14-16-29)28-32-18(2)20-7-5-8-21(17-20)24(25,26)27/h5,7-12,17-18H,3-4,6,13-16H2,1-2H3. The molecule has 1 fully saturated rings. The minimum atomic E-state index is -4.42. The number of aryl methyl sites for hydroxylation is 1. The fourth-order valence-electron chi connectivity index (χ4n) is 3.62. The summed E-state index contributed by atoms with van der Waals surface area (Å²) in [6.45, 7) is 4.30. The molecule has 0 saturated carbocycles. The number of halogens is 3. The zero-order chi connectivity index (χ0) is 24.1. The number of nitrogens with zero attached hydrogens (tertiary/aromatic N) is 2. The van der Waals surface area contributed by atoms with Gasteiger partial charge in [-0.1, -0.05) is 42.8 Å². The number of piperidine rings is 1. The minimum absolute atomic E-state index is 0.276. The number of sulfonamides is 1. The summed E-state index contributed by atoms with van der Waals surface area (Å²) < 4.78 is 66.1. The number of benzene rings is 2. The molecule has 0 spiro atoms. The molecule has 180 valence electrons. The average Bonchev–Trinajstić information content (AvgIpc) is 2.81. The van der Waals surface area contributed by atoms with Crippen LogP contribution in [0.4, 0.5) is 13.2 Å². The summed E-state index contributed by atoms with van der Waals surface area (Å²) >= 11 is 0. The Balaban J connectivity index is 1.58. The third kappa shape index (κ3) is 6.57. The van der Waals surface area contributed by atoms with Gasteiger partial charge in [0.05, 0.1) is 16.2 Å². The van der Waals surface area contributed by atoms with Crippen LogP contribution in [0.2, 0.25) is 0 Å². The van der Waals surface area contributed by atoms with E-state index in [0.717, 1.165) is 37.0 Å². The highest BCUT2D eigenvalue weighted by atomic mass is 32.2. The van der Waals surface area contributed by atoms with E-state index in [9.17, 15) is 21.6 Å². The van der Waals surface area contributed by atoms with Crippen molar-refractivity contribution in [3.63, 3.8) is 0 Å². The lowest BCUT2D eigenvalue weighted by Crippen LogP contribution is -2.38. The summed E-state index contributed by atoms with van der Waals surface area (Å²) in [6.07, 6.45) is -1.19. The van der Waals surface area contributed by atoms with Gasteiger partial charge < -0.3 is 4.84 Å². The molecule has 5 nitrogen and oxygen atoms in total. The number of oxime groups is 1. The Kier molecular flexibility index (Phi) is 8.18. The summed E-state index contributed by atoms with van der Waals surface area (Å²) in [7, 11) is -3.58. The van der Waals surface area contributed by atoms with Crippen molar-refractivity contribution >= 4 is 15.7 Å². The van der Waals surface area contributed by atoms with Crippen molar-refractivity contribution in [2.24, 2.45) is 5.16 Å².